The van der Waals surface area contributed by atoms with Crippen molar-refractivity contribution in [1.82, 2.24) is 9.78 Å². The molecule has 0 saturated heterocycles. The van der Waals surface area contributed by atoms with Crippen molar-refractivity contribution < 1.29 is 0 Å². The van der Waals surface area contributed by atoms with Gasteiger partial charge in [0, 0.05) is 12.6 Å². The maximum Gasteiger partial charge on any atom is 0.287 e. The van der Waals surface area contributed by atoms with Gasteiger partial charge >= 0.3 is 0 Å². The number of hydrogen-bond acceptors (Lipinski definition) is 3. The first-order valence-corrected chi connectivity index (χ1v) is 7.53. The molecule has 0 spiro atoms. The smallest absolute Gasteiger partial charge is 0.287 e. The molecule has 1 aliphatic carbocycles. The Morgan fingerprint density at radius 1 is 1.58 bits per heavy atom. The highest BCUT2D eigenvalue weighted by Gasteiger charge is 2.24. The summed E-state index contributed by atoms with van der Waals surface area (Å²) < 4.78 is 1.45. The lowest BCUT2D eigenvalue weighted by Crippen LogP contribution is -2.32. The second-order valence-corrected chi connectivity index (χ2v) is 5.76. The first-order valence-electron chi connectivity index (χ1n) is 7.15. The summed E-state index contributed by atoms with van der Waals surface area (Å²) >= 11 is 6.15. The van der Waals surface area contributed by atoms with Crippen molar-refractivity contribution in [3.8, 4) is 0 Å². The second kappa shape index (κ2) is 6.42. The fraction of sp³-hybridized carbons (Fsp3) is 0.714. The van der Waals surface area contributed by atoms with E-state index in [1.54, 1.807) is 6.20 Å². The molecular weight excluding hydrogens is 262 g/mol. The predicted molar refractivity (Wildman–Crippen MR) is 78.8 cm³/mol. The van der Waals surface area contributed by atoms with Crippen LogP contribution in [0.5, 0.6) is 0 Å². The number of aryl methyl sites for hydroxylation is 1. The van der Waals surface area contributed by atoms with Crippen LogP contribution in [-0.2, 0) is 6.54 Å². The Hall–Kier alpha value is -1.03. The van der Waals surface area contributed by atoms with E-state index in [4.69, 9.17) is 11.6 Å². The highest BCUT2D eigenvalue weighted by atomic mass is 35.5. The Morgan fingerprint density at radius 2 is 2.32 bits per heavy atom. The summed E-state index contributed by atoms with van der Waals surface area (Å²) in [7, 11) is 0. The maximum absolute atomic E-state index is 12.1. The number of rotatable bonds is 6. The van der Waals surface area contributed by atoms with Gasteiger partial charge in [-0.2, -0.15) is 5.10 Å². The third kappa shape index (κ3) is 3.30. The average Bonchev–Trinajstić information content (AvgIpc) is 2.32. The van der Waals surface area contributed by atoms with Gasteiger partial charge in [0.2, 0.25) is 0 Å². The Kier molecular flexibility index (Phi) is 4.86. The molecule has 0 bridgehead atoms. The van der Waals surface area contributed by atoms with Crippen LogP contribution in [0.3, 0.4) is 0 Å². The molecule has 0 amide bonds. The van der Waals surface area contributed by atoms with Gasteiger partial charge in [0.15, 0.2) is 0 Å². The molecule has 19 heavy (non-hydrogen) atoms. The minimum absolute atomic E-state index is 0.194. The van der Waals surface area contributed by atoms with Crippen LogP contribution in [0, 0.1) is 5.92 Å². The van der Waals surface area contributed by atoms with E-state index in [1.807, 2.05) is 0 Å². The number of aromatic nitrogens is 2. The van der Waals surface area contributed by atoms with E-state index in [2.05, 4.69) is 24.3 Å². The van der Waals surface area contributed by atoms with Crippen molar-refractivity contribution in [2.45, 2.75) is 58.5 Å². The zero-order valence-electron chi connectivity index (χ0n) is 11.7. The highest BCUT2D eigenvalue weighted by Crippen LogP contribution is 2.31. The molecular formula is C14H22ClN3O. The van der Waals surface area contributed by atoms with Crippen molar-refractivity contribution in [3.05, 3.63) is 21.6 Å². The lowest BCUT2D eigenvalue weighted by molar-refractivity contribution is 0.285. The van der Waals surface area contributed by atoms with Gasteiger partial charge in [-0.1, -0.05) is 31.4 Å². The van der Waals surface area contributed by atoms with Crippen molar-refractivity contribution in [2.75, 3.05) is 5.32 Å². The molecule has 1 heterocycles. The summed E-state index contributed by atoms with van der Waals surface area (Å²) in [5, 5.41) is 7.78. The number of halogens is 1. The monoisotopic (exact) mass is 283 g/mol. The lowest BCUT2D eigenvalue weighted by atomic mass is 9.80. The van der Waals surface area contributed by atoms with Gasteiger partial charge in [0.25, 0.3) is 5.56 Å². The van der Waals surface area contributed by atoms with E-state index in [0.717, 1.165) is 12.8 Å². The molecule has 1 aliphatic rings. The number of unbranched alkanes of at least 4 members (excludes halogenated alkanes) is 1. The topological polar surface area (TPSA) is 46.9 Å². The van der Waals surface area contributed by atoms with E-state index < -0.39 is 0 Å². The third-order valence-corrected chi connectivity index (χ3v) is 4.31. The van der Waals surface area contributed by atoms with Gasteiger partial charge < -0.3 is 5.32 Å². The van der Waals surface area contributed by atoms with Gasteiger partial charge in [0.1, 0.15) is 5.02 Å². The molecule has 1 aromatic heterocycles. The molecule has 1 N–H and O–H groups in total. The van der Waals surface area contributed by atoms with Crippen LogP contribution in [0.15, 0.2) is 11.0 Å². The first-order chi connectivity index (χ1) is 9.13. The molecule has 1 saturated carbocycles. The Labute approximate surface area is 119 Å². The van der Waals surface area contributed by atoms with E-state index in [0.29, 0.717) is 24.2 Å². The summed E-state index contributed by atoms with van der Waals surface area (Å²) in [6.45, 7) is 4.86. The maximum atomic E-state index is 12.1. The SMILES string of the molecule is CCCCn1ncc(NC(C)C2CCC2)c(Cl)c1=O. The zero-order valence-corrected chi connectivity index (χ0v) is 12.4. The molecule has 5 heteroatoms. The Morgan fingerprint density at radius 3 is 2.89 bits per heavy atom. The Balaban J connectivity index is 2.09. The van der Waals surface area contributed by atoms with Crippen LogP contribution in [0.1, 0.15) is 46.0 Å². The molecule has 1 atom stereocenters. The zero-order chi connectivity index (χ0) is 13.8. The molecule has 0 aromatic carbocycles. The fourth-order valence-corrected chi connectivity index (χ4v) is 2.54. The standard InChI is InChI=1S/C14H22ClN3O/c1-3-4-8-18-14(19)13(15)12(9-16-18)17-10(2)11-6-5-7-11/h9-11,17H,3-8H2,1-2H3. The number of nitrogens with one attached hydrogen (secondary N) is 1. The van der Waals surface area contributed by atoms with Crippen LogP contribution in [-0.4, -0.2) is 15.8 Å². The normalized spacial score (nSPS) is 17.0. The van der Waals surface area contributed by atoms with Gasteiger partial charge in [-0.25, -0.2) is 4.68 Å². The summed E-state index contributed by atoms with van der Waals surface area (Å²) in [5.74, 6) is 0.693. The van der Waals surface area contributed by atoms with E-state index >= 15 is 0 Å². The minimum Gasteiger partial charge on any atom is -0.380 e. The van der Waals surface area contributed by atoms with Crippen molar-refractivity contribution in [3.63, 3.8) is 0 Å². The second-order valence-electron chi connectivity index (χ2n) is 5.38. The average molecular weight is 284 g/mol. The Bertz CT molecular complexity index is 482. The van der Waals surface area contributed by atoms with Crippen molar-refractivity contribution in [1.29, 1.82) is 0 Å². The number of nitrogens with zero attached hydrogens (tertiary/aromatic N) is 2. The van der Waals surface area contributed by atoms with Gasteiger partial charge in [-0.15, -0.1) is 0 Å². The minimum atomic E-state index is -0.194. The number of anilines is 1. The molecule has 4 nitrogen and oxygen atoms in total. The van der Waals surface area contributed by atoms with Crippen molar-refractivity contribution >= 4 is 17.3 Å². The van der Waals surface area contributed by atoms with Crippen LogP contribution in [0.4, 0.5) is 5.69 Å². The van der Waals surface area contributed by atoms with Gasteiger partial charge in [-0.05, 0) is 32.1 Å². The quantitative estimate of drug-likeness (QED) is 0.871. The molecule has 2 rings (SSSR count). The summed E-state index contributed by atoms with van der Waals surface area (Å²) in [5.41, 5.74) is 0.472. The van der Waals surface area contributed by atoms with Crippen LogP contribution in [0.25, 0.3) is 0 Å². The fourth-order valence-electron chi connectivity index (χ4n) is 2.34. The molecule has 1 aromatic rings. The predicted octanol–water partition coefficient (Wildman–Crippen LogP) is 3.30. The summed E-state index contributed by atoms with van der Waals surface area (Å²) in [6, 6.07) is 0.346. The highest BCUT2D eigenvalue weighted by molar-refractivity contribution is 6.32. The summed E-state index contributed by atoms with van der Waals surface area (Å²) in [4.78, 5) is 12.1. The first kappa shape index (κ1) is 14.4. The van der Waals surface area contributed by atoms with Crippen LogP contribution < -0.4 is 10.9 Å². The third-order valence-electron chi connectivity index (χ3n) is 3.95. The lowest BCUT2D eigenvalue weighted by Gasteiger charge is -2.32. The molecule has 0 aliphatic heterocycles. The molecule has 1 fully saturated rings. The van der Waals surface area contributed by atoms with Gasteiger partial charge in [-0.3, -0.25) is 4.79 Å². The molecule has 106 valence electrons. The summed E-state index contributed by atoms with van der Waals surface area (Å²) in [6.07, 6.45) is 7.47. The molecule has 1 unspecified atom stereocenters. The van der Waals surface area contributed by atoms with E-state index in [1.165, 1.54) is 23.9 Å². The van der Waals surface area contributed by atoms with E-state index in [-0.39, 0.29) is 10.6 Å². The number of hydrogen-bond donors (Lipinski definition) is 1. The van der Waals surface area contributed by atoms with Crippen molar-refractivity contribution in [2.24, 2.45) is 5.92 Å². The van der Waals surface area contributed by atoms with Crippen LogP contribution in [0.2, 0.25) is 5.02 Å². The van der Waals surface area contributed by atoms with Gasteiger partial charge in [0.05, 0.1) is 11.9 Å². The van der Waals surface area contributed by atoms with E-state index in [9.17, 15) is 4.79 Å². The largest absolute Gasteiger partial charge is 0.380 e. The van der Waals surface area contributed by atoms with Crippen LogP contribution >= 0.6 is 11.6 Å². The molecule has 0 radical (unpaired) electrons.